The highest BCUT2D eigenvalue weighted by Gasteiger charge is 2.09. The Hall–Kier alpha value is -2.11. The average Bonchev–Trinajstić information content (AvgIpc) is 2.06. The van der Waals surface area contributed by atoms with Crippen LogP contribution in [0.15, 0.2) is 18.2 Å². The lowest BCUT2D eigenvalue weighted by atomic mass is 10.3. The van der Waals surface area contributed by atoms with Gasteiger partial charge in [0.05, 0.1) is 11.2 Å². The van der Waals surface area contributed by atoms with E-state index >= 15 is 0 Å². The zero-order valence-corrected chi connectivity index (χ0v) is 6.38. The molecule has 0 saturated heterocycles. The number of aromatic hydroxyl groups is 2. The Morgan fingerprint density at radius 3 is 2.85 bits per heavy atom. The fraction of sp³-hybridized carbons (Fsp3) is 0. The molecule has 6 nitrogen and oxygen atoms in total. The molecule has 1 heterocycles. The summed E-state index contributed by atoms with van der Waals surface area (Å²) in [5.74, 6) is -0.0496. The van der Waals surface area contributed by atoms with Gasteiger partial charge in [0.15, 0.2) is 0 Å². The third kappa shape index (κ3) is 1.18. The minimum Gasteiger partial charge on any atom is -0.594 e. The van der Waals surface area contributed by atoms with Gasteiger partial charge in [-0.1, -0.05) is 0 Å². The largest absolute Gasteiger partial charge is 0.594 e. The highest BCUT2D eigenvalue weighted by molar-refractivity contribution is 5.72. The molecule has 2 aromatic rings. The second-order valence-corrected chi connectivity index (χ2v) is 2.46. The van der Waals surface area contributed by atoms with Gasteiger partial charge in [0.2, 0.25) is 0 Å². The maximum absolute atomic E-state index is 11.0. The molecule has 13 heavy (non-hydrogen) atoms. The lowest BCUT2D eigenvalue weighted by Gasteiger charge is -1.98. The number of nitrogens with zero attached hydrogens (tertiary/aromatic N) is 3. The summed E-state index contributed by atoms with van der Waals surface area (Å²) >= 11 is 0. The molecule has 0 aliphatic carbocycles. The predicted octanol–water partition coefficient (Wildman–Crippen LogP) is -0.326. The summed E-state index contributed by atoms with van der Waals surface area (Å²) < 4.78 is 0. The minimum atomic E-state index is -0.590. The maximum Gasteiger partial charge on any atom is 0.378 e. The fourth-order valence-electron chi connectivity index (χ4n) is 1.02. The van der Waals surface area contributed by atoms with Gasteiger partial charge in [-0.3, -0.25) is 0 Å². The normalized spacial score (nSPS) is 10.5. The van der Waals surface area contributed by atoms with Crippen molar-refractivity contribution in [2.45, 2.75) is 0 Å². The Labute approximate surface area is 72.3 Å². The molecule has 0 aliphatic rings. The van der Waals surface area contributed by atoms with Crippen LogP contribution in [0.25, 0.3) is 11.0 Å². The molecule has 0 bridgehead atoms. The molecule has 6 heteroatoms. The van der Waals surface area contributed by atoms with E-state index in [1.54, 1.807) is 0 Å². The third-order valence-corrected chi connectivity index (χ3v) is 1.57. The van der Waals surface area contributed by atoms with Gasteiger partial charge in [-0.25, -0.2) is 0 Å². The number of benzene rings is 1. The number of hydrogen-bond donors (Lipinski definition) is 2. The van der Waals surface area contributed by atoms with Crippen molar-refractivity contribution in [2.24, 2.45) is 0 Å². The second kappa shape index (κ2) is 2.44. The third-order valence-electron chi connectivity index (χ3n) is 1.57. The molecule has 66 valence electrons. The van der Waals surface area contributed by atoms with E-state index in [9.17, 15) is 5.21 Å². The summed E-state index contributed by atoms with van der Waals surface area (Å²) in [5, 5.41) is 32.1. The summed E-state index contributed by atoms with van der Waals surface area (Å²) in [6, 6.07) is 3.42. The average molecular weight is 179 g/mol. The number of phenolic OH excluding ortho intramolecular Hbond substituents is 1. The van der Waals surface area contributed by atoms with Crippen LogP contribution in [0.4, 0.5) is 0 Å². The van der Waals surface area contributed by atoms with E-state index in [-0.39, 0.29) is 21.6 Å². The summed E-state index contributed by atoms with van der Waals surface area (Å²) in [4.78, 5) is 3.80. The lowest BCUT2D eigenvalue weighted by Crippen LogP contribution is -2.32. The lowest BCUT2D eigenvalue weighted by molar-refractivity contribution is -0.643. The van der Waals surface area contributed by atoms with E-state index in [0.717, 1.165) is 0 Å². The van der Waals surface area contributed by atoms with Crippen LogP contribution < -0.4 is 4.85 Å². The van der Waals surface area contributed by atoms with Gasteiger partial charge in [0.25, 0.3) is 5.52 Å². The first-order valence-electron chi connectivity index (χ1n) is 3.46. The Morgan fingerprint density at radius 1 is 1.31 bits per heavy atom. The number of fused-ring (bicyclic) bond motifs is 1. The van der Waals surface area contributed by atoms with Crippen molar-refractivity contribution < 1.29 is 15.1 Å². The molecule has 0 unspecified atom stereocenters. The summed E-state index contributed by atoms with van der Waals surface area (Å²) in [6.07, 6.45) is 0. The predicted molar refractivity (Wildman–Crippen MR) is 41.8 cm³/mol. The smallest absolute Gasteiger partial charge is 0.378 e. The maximum atomic E-state index is 11.0. The van der Waals surface area contributed by atoms with Gasteiger partial charge >= 0.3 is 6.01 Å². The molecule has 1 aromatic heterocycles. The Balaban J connectivity index is 2.87. The molecule has 0 fully saturated rings. The molecule has 0 spiro atoms. The first-order chi connectivity index (χ1) is 6.16. The first-order valence-corrected chi connectivity index (χ1v) is 3.46. The molecule has 0 radical (unpaired) electrons. The number of rotatable bonds is 0. The van der Waals surface area contributed by atoms with E-state index in [1.807, 2.05) is 0 Å². The number of phenols is 1. The Kier molecular flexibility index (Phi) is 1.42. The zero-order chi connectivity index (χ0) is 9.42. The van der Waals surface area contributed by atoms with Crippen molar-refractivity contribution >= 4 is 11.0 Å². The number of aromatic nitrogens is 3. The quantitative estimate of drug-likeness (QED) is 0.426. The molecule has 0 atom stereocenters. The van der Waals surface area contributed by atoms with Gasteiger partial charge in [-0.15, -0.1) is 0 Å². The van der Waals surface area contributed by atoms with Crippen LogP contribution in [0.2, 0.25) is 0 Å². The Morgan fingerprint density at radius 2 is 2.08 bits per heavy atom. The molecule has 0 saturated carbocycles. The molecule has 1 aromatic carbocycles. The standard InChI is InChI=1S/C7H5N3O3/c11-4-1-2-5-6(3-4)10(13)9-7(12)8-5/h1-3,11H,(H,8,9,12). The van der Waals surface area contributed by atoms with Gasteiger partial charge in [-0.2, -0.15) is 4.98 Å². The van der Waals surface area contributed by atoms with Crippen molar-refractivity contribution in [3.8, 4) is 11.8 Å². The van der Waals surface area contributed by atoms with Crippen LogP contribution in [0, 0.1) is 5.21 Å². The highest BCUT2D eigenvalue weighted by atomic mass is 16.5. The van der Waals surface area contributed by atoms with Gasteiger partial charge in [0, 0.05) is 0 Å². The number of hydrogen-bond acceptors (Lipinski definition) is 5. The highest BCUT2D eigenvalue weighted by Crippen LogP contribution is 2.15. The second-order valence-electron chi connectivity index (χ2n) is 2.46. The topological polar surface area (TPSA) is 93.2 Å². The fourth-order valence-corrected chi connectivity index (χ4v) is 1.02. The van der Waals surface area contributed by atoms with Gasteiger partial charge in [0.1, 0.15) is 11.3 Å². The van der Waals surface area contributed by atoms with E-state index < -0.39 is 6.01 Å². The van der Waals surface area contributed by atoms with E-state index in [4.69, 9.17) is 10.2 Å². The zero-order valence-electron chi connectivity index (χ0n) is 6.38. The Bertz CT molecular complexity index is 472. The monoisotopic (exact) mass is 179 g/mol. The summed E-state index contributed by atoms with van der Waals surface area (Å²) in [7, 11) is 0. The minimum absolute atomic E-state index is 0.0496. The van der Waals surface area contributed by atoms with E-state index in [2.05, 4.69) is 10.1 Å². The van der Waals surface area contributed by atoms with Crippen molar-refractivity contribution in [3.63, 3.8) is 0 Å². The van der Waals surface area contributed by atoms with Crippen molar-refractivity contribution in [3.05, 3.63) is 23.4 Å². The van der Waals surface area contributed by atoms with Crippen molar-refractivity contribution in [1.29, 1.82) is 0 Å². The SMILES string of the molecule is [O-][n+]1nc(O)nc2ccc(O)cc21. The molecule has 0 amide bonds. The van der Waals surface area contributed by atoms with Crippen LogP contribution in [-0.2, 0) is 0 Å². The molecule has 0 aliphatic heterocycles. The first kappa shape index (κ1) is 7.53. The van der Waals surface area contributed by atoms with Crippen LogP contribution >= 0.6 is 0 Å². The molecular weight excluding hydrogens is 174 g/mol. The van der Waals surface area contributed by atoms with Crippen LogP contribution in [0.5, 0.6) is 11.8 Å². The van der Waals surface area contributed by atoms with Crippen LogP contribution in [0.1, 0.15) is 0 Å². The summed E-state index contributed by atoms with van der Waals surface area (Å²) in [6.45, 7) is 0. The molecule has 2 N–H and O–H groups in total. The van der Waals surface area contributed by atoms with E-state index in [0.29, 0.717) is 0 Å². The van der Waals surface area contributed by atoms with Gasteiger partial charge in [-0.05, 0) is 17.0 Å². The van der Waals surface area contributed by atoms with Crippen molar-refractivity contribution in [2.75, 3.05) is 0 Å². The van der Waals surface area contributed by atoms with Gasteiger partial charge < -0.3 is 15.4 Å². The van der Waals surface area contributed by atoms with Crippen molar-refractivity contribution in [1.82, 2.24) is 10.1 Å². The molecular formula is C7H5N3O3. The van der Waals surface area contributed by atoms with Crippen LogP contribution in [-0.4, -0.2) is 20.3 Å². The van der Waals surface area contributed by atoms with Crippen LogP contribution in [0.3, 0.4) is 0 Å². The van der Waals surface area contributed by atoms with E-state index in [1.165, 1.54) is 18.2 Å². The summed E-state index contributed by atoms with van der Waals surface area (Å²) in [5.41, 5.74) is 0.387. The molecule has 2 rings (SSSR count).